The average Bonchev–Trinajstić information content (AvgIpc) is 2.65. The fourth-order valence-electron chi connectivity index (χ4n) is 4.09. The Kier molecular flexibility index (Phi) is 3.84. The summed E-state index contributed by atoms with van der Waals surface area (Å²) >= 11 is 6.01. The molecular formula is C16H22ClNO. The van der Waals surface area contributed by atoms with Gasteiger partial charge in [-0.3, -0.25) is 0 Å². The highest BCUT2D eigenvalue weighted by Gasteiger charge is 2.45. The number of rotatable bonds is 3. The average molecular weight is 280 g/mol. The molecule has 19 heavy (non-hydrogen) atoms. The Labute approximate surface area is 120 Å². The van der Waals surface area contributed by atoms with Crippen molar-refractivity contribution in [2.75, 3.05) is 20.8 Å². The van der Waals surface area contributed by atoms with Gasteiger partial charge in [0.15, 0.2) is 0 Å². The molecule has 1 aromatic carbocycles. The summed E-state index contributed by atoms with van der Waals surface area (Å²) in [5, 5.41) is 0.822. The Hall–Kier alpha value is -0.570. The Morgan fingerprint density at radius 3 is 2.68 bits per heavy atom. The number of piperidine rings is 1. The van der Waals surface area contributed by atoms with Crippen LogP contribution in [0.3, 0.4) is 0 Å². The number of methoxy groups -OCH3 is 1. The van der Waals surface area contributed by atoms with E-state index in [1.54, 1.807) is 0 Å². The molecule has 3 rings (SSSR count). The molecule has 0 spiro atoms. The van der Waals surface area contributed by atoms with Crippen molar-refractivity contribution in [3.05, 3.63) is 34.9 Å². The molecule has 2 nitrogen and oxygen atoms in total. The van der Waals surface area contributed by atoms with E-state index in [0.29, 0.717) is 17.9 Å². The molecule has 0 saturated carbocycles. The highest BCUT2D eigenvalue weighted by molar-refractivity contribution is 6.30. The van der Waals surface area contributed by atoms with Crippen LogP contribution in [0.15, 0.2) is 24.3 Å². The number of nitrogens with zero attached hydrogens (tertiary/aromatic N) is 1. The first kappa shape index (κ1) is 13.4. The van der Waals surface area contributed by atoms with E-state index >= 15 is 0 Å². The second kappa shape index (κ2) is 5.43. The maximum Gasteiger partial charge on any atom is 0.0511 e. The van der Waals surface area contributed by atoms with Crippen molar-refractivity contribution in [2.24, 2.45) is 5.92 Å². The maximum absolute atomic E-state index is 6.01. The molecule has 0 aliphatic carbocycles. The predicted octanol–water partition coefficient (Wildman–Crippen LogP) is 3.55. The molecule has 2 heterocycles. The van der Waals surface area contributed by atoms with Crippen molar-refractivity contribution < 1.29 is 4.74 Å². The van der Waals surface area contributed by atoms with E-state index < -0.39 is 0 Å². The molecular weight excluding hydrogens is 258 g/mol. The smallest absolute Gasteiger partial charge is 0.0511 e. The zero-order chi connectivity index (χ0) is 13.4. The minimum absolute atomic E-state index is 0.606. The normalized spacial score (nSPS) is 34.7. The summed E-state index contributed by atoms with van der Waals surface area (Å²) in [6, 6.07) is 9.85. The summed E-state index contributed by atoms with van der Waals surface area (Å²) in [5.74, 6) is 1.22. The summed E-state index contributed by atoms with van der Waals surface area (Å²) in [6.07, 6.45) is 3.91. The topological polar surface area (TPSA) is 12.5 Å². The van der Waals surface area contributed by atoms with Crippen LogP contribution in [0.4, 0.5) is 0 Å². The number of ether oxygens (including phenoxy) is 1. The van der Waals surface area contributed by atoms with Crippen LogP contribution in [-0.4, -0.2) is 37.7 Å². The van der Waals surface area contributed by atoms with E-state index in [0.717, 1.165) is 17.7 Å². The van der Waals surface area contributed by atoms with Gasteiger partial charge in [0, 0.05) is 30.1 Å². The first-order chi connectivity index (χ1) is 9.20. The highest BCUT2D eigenvalue weighted by Crippen LogP contribution is 2.46. The fourth-order valence-corrected chi connectivity index (χ4v) is 4.22. The molecule has 4 atom stereocenters. The van der Waals surface area contributed by atoms with Crippen LogP contribution >= 0.6 is 11.6 Å². The van der Waals surface area contributed by atoms with E-state index in [9.17, 15) is 0 Å². The van der Waals surface area contributed by atoms with Crippen LogP contribution in [0.2, 0.25) is 5.02 Å². The summed E-state index contributed by atoms with van der Waals surface area (Å²) in [7, 11) is 4.10. The Morgan fingerprint density at radius 1 is 1.26 bits per heavy atom. The monoisotopic (exact) mass is 279 g/mol. The molecule has 1 aromatic rings. The van der Waals surface area contributed by atoms with E-state index in [2.05, 4.69) is 24.1 Å². The van der Waals surface area contributed by atoms with Crippen molar-refractivity contribution in [3.63, 3.8) is 0 Å². The lowest BCUT2D eigenvalue weighted by Crippen LogP contribution is -2.47. The highest BCUT2D eigenvalue weighted by atomic mass is 35.5. The number of fused-ring (bicyclic) bond motifs is 2. The van der Waals surface area contributed by atoms with Gasteiger partial charge in [-0.15, -0.1) is 0 Å². The molecule has 2 aliphatic heterocycles. The second-order valence-electron chi connectivity index (χ2n) is 5.98. The zero-order valence-corrected chi connectivity index (χ0v) is 12.4. The summed E-state index contributed by atoms with van der Waals surface area (Å²) in [4.78, 5) is 2.58. The van der Waals surface area contributed by atoms with E-state index in [1.165, 1.54) is 24.8 Å². The van der Waals surface area contributed by atoms with Gasteiger partial charge in [0.1, 0.15) is 0 Å². The second-order valence-corrected chi connectivity index (χ2v) is 6.41. The third-order valence-corrected chi connectivity index (χ3v) is 5.34. The molecule has 2 aliphatic rings. The van der Waals surface area contributed by atoms with Gasteiger partial charge in [0.2, 0.25) is 0 Å². The van der Waals surface area contributed by atoms with E-state index in [4.69, 9.17) is 16.3 Å². The van der Waals surface area contributed by atoms with Crippen LogP contribution in [-0.2, 0) is 4.74 Å². The number of halogens is 1. The molecule has 0 radical (unpaired) electrons. The quantitative estimate of drug-likeness (QED) is 0.839. The minimum atomic E-state index is 0.606. The van der Waals surface area contributed by atoms with E-state index in [-0.39, 0.29) is 0 Å². The number of benzene rings is 1. The largest absolute Gasteiger partial charge is 0.384 e. The first-order valence-electron chi connectivity index (χ1n) is 7.17. The van der Waals surface area contributed by atoms with Crippen LogP contribution in [0.25, 0.3) is 0 Å². The molecule has 0 unspecified atom stereocenters. The van der Waals surface area contributed by atoms with Gasteiger partial charge in [-0.2, -0.15) is 0 Å². The Balaban J connectivity index is 1.88. The van der Waals surface area contributed by atoms with Gasteiger partial charge in [-0.25, -0.2) is 0 Å². The van der Waals surface area contributed by atoms with E-state index in [1.807, 2.05) is 19.2 Å². The third-order valence-electron chi connectivity index (χ3n) is 5.09. The van der Waals surface area contributed by atoms with Crippen molar-refractivity contribution in [2.45, 2.75) is 37.3 Å². The molecule has 0 N–H and O–H groups in total. The first-order valence-corrected chi connectivity index (χ1v) is 7.55. The number of hydrogen-bond donors (Lipinski definition) is 0. The van der Waals surface area contributed by atoms with Crippen molar-refractivity contribution in [1.82, 2.24) is 4.90 Å². The lowest BCUT2D eigenvalue weighted by Gasteiger charge is -2.43. The van der Waals surface area contributed by atoms with Crippen molar-refractivity contribution in [3.8, 4) is 0 Å². The van der Waals surface area contributed by atoms with Crippen LogP contribution in [0, 0.1) is 5.92 Å². The van der Waals surface area contributed by atoms with Crippen LogP contribution < -0.4 is 0 Å². The predicted molar refractivity (Wildman–Crippen MR) is 78.7 cm³/mol. The molecule has 2 saturated heterocycles. The Bertz CT molecular complexity index is 433. The lowest BCUT2D eigenvalue weighted by molar-refractivity contribution is 0.0405. The number of hydrogen-bond acceptors (Lipinski definition) is 2. The minimum Gasteiger partial charge on any atom is -0.384 e. The summed E-state index contributed by atoms with van der Waals surface area (Å²) < 4.78 is 5.50. The van der Waals surface area contributed by atoms with Crippen LogP contribution in [0.1, 0.15) is 30.7 Å². The van der Waals surface area contributed by atoms with Crippen LogP contribution in [0.5, 0.6) is 0 Å². The zero-order valence-electron chi connectivity index (χ0n) is 11.7. The molecule has 2 fully saturated rings. The summed E-state index contributed by atoms with van der Waals surface area (Å²) in [5.41, 5.74) is 1.43. The molecule has 0 amide bonds. The van der Waals surface area contributed by atoms with Gasteiger partial charge in [0.25, 0.3) is 0 Å². The van der Waals surface area contributed by atoms with Gasteiger partial charge in [-0.05, 0) is 49.9 Å². The van der Waals surface area contributed by atoms with Crippen molar-refractivity contribution >= 4 is 11.6 Å². The third kappa shape index (κ3) is 2.42. The van der Waals surface area contributed by atoms with Gasteiger partial charge in [-0.1, -0.05) is 23.7 Å². The fraction of sp³-hybridized carbons (Fsp3) is 0.625. The molecule has 104 valence electrons. The Morgan fingerprint density at radius 2 is 2.00 bits per heavy atom. The van der Waals surface area contributed by atoms with Gasteiger partial charge >= 0.3 is 0 Å². The SMILES string of the molecule is COC[C@@H]1[C@H](c2ccc(Cl)cc2)C[C@H]2CC[C@@H]1N2C. The standard InChI is InChI=1S/C16H22ClNO/c1-18-13-7-8-16(18)15(10-19-2)14(9-13)11-3-5-12(17)6-4-11/h3-6,13-16H,7-10H2,1-2H3/t13-,14+,15-,16+/m1/s1. The van der Waals surface area contributed by atoms with Gasteiger partial charge in [0.05, 0.1) is 6.61 Å². The summed E-state index contributed by atoms with van der Waals surface area (Å²) in [6.45, 7) is 0.856. The lowest BCUT2D eigenvalue weighted by atomic mass is 9.76. The maximum atomic E-state index is 6.01. The molecule has 3 heteroatoms. The molecule has 2 bridgehead atoms. The van der Waals surface area contributed by atoms with Gasteiger partial charge < -0.3 is 9.64 Å². The van der Waals surface area contributed by atoms with Crippen molar-refractivity contribution in [1.29, 1.82) is 0 Å². The molecule has 0 aromatic heterocycles.